The summed E-state index contributed by atoms with van der Waals surface area (Å²) in [6, 6.07) is 4.77. The average Bonchev–Trinajstić information content (AvgIpc) is 3.14. The molecule has 1 aromatic rings. The van der Waals surface area contributed by atoms with Gasteiger partial charge in [-0.25, -0.2) is 0 Å². The molecule has 2 unspecified atom stereocenters. The van der Waals surface area contributed by atoms with E-state index >= 15 is 0 Å². The third-order valence-corrected chi connectivity index (χ3v) is 3.67. The number of hydrogen-bond donors (Lipinski definition) is 0. The van der Waals surface area contributed by atoms with Crippen LogP contribution in [0.3, 0.4) is 0 Å². The molecule has 2 rings (SSSR count). The fourth-order valence-corrected chi connectivity index (χ4v) is 2.31. The van der Waals surface area contributed by atoms with Gasteiger partial charge in [-0.1, -0.05) is 13.0 Å². The van der Waals surface area contributed by atoms with Crippen molar-refractivity contribution in [3.05, 3.63) is 23.8 Å². The fourth-order valence-electron chi connectivity index (χ4n) is 2.31. The molecular weight excluding hydrogens is 280 g/mol. The topological polar surface area (TPSA) is 38.8 Å². The first-order valence-corrected chi connectivity index (χ1v) is 6.79. The minimum absolute atomic E-state index is 0.0226. The molecule has 0 saturated heterocycles. The zero-order valence-electron chi connectivity index (χ0n) is 12.3. The molecule has 1 aliphatic rings. The highest BCUT2D eigenvalue weighted by Crippen LogP contribution is 2.39. The normalized spacial score (nSPS) is 20.3. The number of carbonyl (C=O) groups excluding carboxylic acids is 1. The van der Waals surface area contributed by atoms with Crippen molar-refractivity contribution < 1.29 is 23.0 Å². The van der Waals surface area contributed by atoms with Crippen molar-refractivity contribution in [3.63, 3.8) is 0 Å². The van der Waals surface area contributed by atoms with Gasteiger partial charge in [0.25, 0.3) is 0 Å². The van der Waals surface area contributed by atoms with E-state index in [1.54, 1.807) is 24.1 Å². The van der Waals surface area contributed by atoms with Crippen LogP contribution in [0.2, 0.25) is 0 Å². The van der Waals surface area contributed by atoms with Gasteiger partial charge in [0.2, 0.25) is 5.91 Å². The van der Waals surface area contributed by atoms with E-state index in [9.17, 15) is 13.6 Å². The minimum Gasteiger partial charge on any atom is -0.493 e. The van der Waals surface area contributed by atoms with Crippen LogP contribution in [-0.2, 0) is 11.3 Å². The second-order valence-corrected chi connectivity index (χ2v) is 5.38. The van der Waals surface area contributed by atoms with Crippen molar-refractivity contribution in [2.45, 2.75) is 26.5 Å². The Morgan fingerprint density at radius 2 is 2.10 bits per heavy atom. The first kappa shape index (κ1) is 15.5. The largest absolute Gasteiger partial charge is 0.493 e. The van der Waals surface area contributed by atoms with E-state index in [0.717, 1.165) is 12.0 Å². The van der Waals surface area contributed by atoms with E-state index in [4.69, 9.17) is 4.74 Å². The van der Waals surface area contributed by atoms with Gasteiger partial charge in [-0.05, 0) is 30.0 Å². The number of hydrogen-bond acceptors (Lipinski definition) is 3. The smallest absolute Gasteiger partial charge is 0.387 e. The standard InChI is InChI=1S/C15H19F2NO3/c1-9-6-11(9)14(19)18(2)8-10-4-5-12(20-3)13(7-10)21-15(16)17/h4-5,7,9,11,15H,6,8H2,1-3H3. The monoisotopic (exact) mass is 299 g/mol. The van der Waals surface area contributed by atoms with Crippen LogP contribution in [0.5, 0.6) is 11.5 Å². The number of amides is 1. The molecule has 0 spiro atoms. The molecule has 1 fully saturated rings. The van der Waals surface area contributed by atoms with E-state index in [1.807, 2.05) is 6.92 Å². The van der Waals surface area contributed by atoms with Gasteiger partial charge in [0.05, 0.1) is 7.11 Å². The van der Waals surface area contributed by atoms with Crippen LogP contribution in [-0.4, -0.2) is 31.6 Å². The zero-order valence-corrected chi connectivity index (χ0v) is 12.3. The number of nitrogens with zero attached hydrogens (tertiary/aromatic N) is 1. The SMILES string of the molecule is COc1ccc(CN(C)C(=O)C2CC2C)cc1OC(F)F. The predicted molar refractivity (Wildman–Crippen MR) is 73.4 cm³/mol. The van der Waals surface area contributed by atoms with Crippen molar-refractivity contribution in [3.8, 4) is 11.5 Å². The van der Waals surface area contributed by atoms with Gasteiger partial charge in [0, 0.05) is 19.5 Å². The van der Waals surface area contributed by atoms with Crippen LogP contribution in [0.4, 0.5) is 8.78 Å². The Hall–Kier alpha value is -1.85. The fraction of sp³-hybridized carbons (Fsp3) is 0.533. The summed E-state index contributed by atoms with van der Waals surface area (Å²) < 4.78 is 34.2. The van der Waals surface area contributed by atoms with Crippen molar-refractivity contribution in [2.24, 2.45) is 11.8 Å². The Bertz CT molecular complexity index is 522. The molecule has 0 heterocycles. The number of methoxy groups -OCH3 is 1. The Balaban J connectivity index is 2.07. The lowest BCUT2D eigenvalue weighted by Gasteiger charge is -2.18. The summed E-state index contributed by atoms with van der Waals surface area (Å²) in [7, 11) is 3.10. The number of benzene rings is 1. The summed E-state index contributed by atoms with van der Waals surface area (Å²) in [5.41, 5.74) is 0.718. The Labute approximate surface area is 122 Å². The molecular formula is C15H19F2NO3. The molecule has 1 aromatic carbocycles. The van der Waals surface area contributed by atoms with Crippen LogP contribution in [0.25, 0.3) is 0 Å². The molecule has 6 heteroatoms. The van der Waals surface area contributed by atoms with Gasteiger partial charge in [0.1, 0.15) is 0 Å². The maximum atomic E-state index is 12.4. The van der Waals surface area contributed by atoms with Crippen LogP contribution in [0.1, 0.15) is 18.9 Å². The summed E-state index contributed by atoms with van der Waals surface area (Å²) in [4.78, 5) is 13.7. The number of halogens is 2. The second-order valence-electron chi connectivity index (χ2n) is 5.38. The van der Waals surface area contributed by atoms with E-state index in [1.165, 1.54) is 13.2 Å². The minimum atomic E-state index is -2.92. The highest BCUT2D eigenvalue weighted by Gasteiger charge is 2.40. The van der Waals surface area contributed by atoms with Gasteiger partial charge < -0.3 is 14.4 Å². The van der Waals surface area contributed by atoms with Gasteiger partial charge >= 0.3 is 6.61 Å². The lowest BCUT2D eigenvalue weighted by molar-refractivity contribution is -0.132. The molecule has 21 heavy (non-hydrogen) atoms. The van der Waals surface area contributed by atoms with Crippen molar-refractivity contribution in [1.29, 1.82) is 0 Å². The number of carbonyl (C=O) groups is 1. The summed E-state index contributed by atoms with van der Waals surface area (Å²) in [5, 5.41) is 0. The van der Waals surface area contributed by atoms with Crippen LogP contribution < -0.4 is 9.47 Å². The Morgan fingerprint density at radius 1 is 1.43 bits per heavy atom. The van der Waals surface area contributed by atoms with Gasteiger partial charge in [-0.2, -0.15) is 8.78 Å². The number of rotatable bonds is 6. The molecule has 0 aromatic heterocycles. The third-order valence-electron chi connectivity index (χ3n) is 3.67. The maximum absolute atomic E-state index is 12.4. The van der Waals surface area contributed by atoms with Gasteiger partial charge in [-0.15, -0.1) is 0 Å². The van der Waals surface area contributed by atoms with E-state index in [-0.39, 0.29) is 23.3 Å². The van der Waals surface area contributed by atoms with Crippen LogP contribution in [0.15, 0.2) is 18.2 Å². The lowest BCUT2D eigenvalue weighted by atomic mass is 10.2. The van der Waals surface area contributed by atoms with E-state index in [2.05, 4.69) is 4.74 Å². The summed E-state index contributed by atoms with van der Waals surface area (Å²) in [6.07, 6.45) is 0.922. The number of ether oxygens (including phenoxy) is 2. The summed E-state index contributed by atoms with van der Waals surface area (Å²) in [6.45, 7) is -0.523. The molecule has 2 atom stereocenters. The maximum Gasteiger partial charge on any atom is 0.387 e. The molecule has 0 aliphatic heterocycles. The zero-order chi connectivity index (χ0) is 15.6. The lowest BCUT2D eigenvalue weighted by Crippen LogP contribution is -2.28. The summed E-state index contributed by atoms with van der Waals surface area (Å²) >= 11 is 0. The van der Waals surface area contributed by atoms with Crippen LogP contribution >= 0.6 is 0 Å². The highest BCUT2D eigenvalue weighted by molar-refractivity contribution is 5.81. The van der Waals surface area contributed by atoms with E-state index in [0.29, 0.717) is 12.5 Å². The van der Waals surface area contributed by atoms with Crippen molar-refractivity contribution >= 4 is 5.91 Å². The second kappa shape index (κ2) is 6.28. The van der Waals surface area contributed by atoms with E-state index < -0.39 is 6.61 Å². The molecule has 0 N–H and O–H groups in total. The first-order valence-electron chi connectivity index (χ1n) is 6.79. The van der Waals surface area contributed by atoms with Crippen molar-refractivity contribution in [2.75, 3.05) is 14.2 Å². The molecule has 4 nitrogen and oxygen atoms in total. The molecule has 1 saturated carbocycles. The quantitative estimate of drug-likeness (QED) is 0.810. The molecule has 116 valence electrons. The number of alkyl halides is 2. The van der Waals surface area contributed by atoms with Crippen LogP contribution in [0, 0.1) is 11.8 Å². The molecule has 1 aliphatic carbocycles. The van der Waals surface area contributed by atoms with Gasteiger partial charge in [0.15, 0.2) is 11.5 Å². The van der Waals surface area contributed by atoms with Crippen molar-refractivity contribution in [1.82, 2.24) is 4.90 Å². The predicted octanol–water partition coefficient (Wildman–Crippen LogP) is 2.91. The Morgan fingerprint density at radius 3 is 2.62 bits per heavy atom. The molecule has 0 bridgehead atoms. The molecule has 0 radical (unpaired) electrons. The third kappa shape index (κ3) is 3.83. The Kier molecular flexibility index (Phi) is 4.65. The average molecular weight is 299 g/mol. The first-order chi connectivity index (χ1) is 9.92. The summed E-state index contributed by atoms with van der Waals surface area (Å²) in [5.74, 6) is 0.850. The molecule has 1 amide bonds. The van der Waals surface area contributed by atoms with Gasteiger partial charge in [-0.3, -0.25) is 4.79 Å². The highest BCUT2D eigenvalue weighted by atomic mass is 19.3.